The second kappa shape index (κ2) is 5.05. The van der Waals surface area contributed by atoms with Gasteiger partial charge in [0.05, 0.1) is 5.69 Å². The Labute approximate surface area is 117 Å². The van der Waals surface area contributed by atoms with E-state index in [0.29, 0.717) is 16.9 Å². The molecule has 0 bridgehead atoms. The third-order valence-corrected chi connectivity index (χ3v) is 4.28. The molecule has 2 heterocycles. The quantitative estimate of drug-likeness (QED) is 0.830. The van der Waals surface area contributed by atoms with Gasteiger partial charge >= 0.3 is 0 Å². The van der Waals surface area contributed by atoms with E-state index in [0.717, 1.165) is 19.4 Å². The van der Waals surface area contributed by atoms with Crippen molar-refractivity contribution in [3.8, 4) is 0 Å². The Kier molecular flexibility index (Phi) is 3.38. The monoisotopic (exact) mass is 278 g/mol. The van der Waals surface area contributed by atoms with Gasteiger partial charge in [-0.2, -0.15) is 0 Å². The number of anilines is 2. The van der Waals surface area contributed by atoms with Gasteiger partial charge in [0.2, 0.25) is 0 Å². The summed E-state index contributed by atoms with van der Waals surface area (Å²) in [5.41, 5.74) is 1.38. The van der Waals surface area contributed by atoms with Crippen molar-refractivity contribution >= 4 is 17.3 Å². The predicted octanol–water partition coefficient (Wildman–Crippen LogP) is 2.58. The van der Waals surface area contributed by atoms with Crippen molar-refractivity contribution in [3.05, 3.63) is 23.5 Å². The first-order valence-corrected chi connectivity index (χ1v) is 7.17. The Hall–Kier alpha value is -1.62. The SMILES string of the molecule is CC1CCCCCN1c1cc2c(cc1F)C(O)C(=O)N2. The van der Waals surface area contributed by atoms with Gasteiger partial charge in [0.1, 0.15) is 5.82 Å². The Morgan fingerprint density at radius 2 is 2.15 bits per heavy atom. The first-order chi connectivity index (χ1) is 9.58. The van der Waals surface area contributed by atoms with Gasteiger partial charge in [0, 0.05) is 23.8 Å². The van der Waals surface area contributed by atoms with Gasteiger partial charge in [-0.25, -0.2) is 4.39 Å². The zero-order valence-corrected chi connectivity index (χ0v) is 11.5. The lowest BCUT2D eigenvalue weighted by atomic mass is 10.1. The number of rotatable bonds is 1. The highest BCUT2D eigenvalue weighted by atomic mass is 19.1. The number of hydrogen-bond acceptors (Lipinski definition) is 3. The van der Waals surface area contributed by atoms with Crippen molar-refractivity contribution in [1.29, 1.82) is 0 Å². The van der Waals surface area contributed by atoms with Crippen LogP contribution in [0.3, 0.4) is 0 Å². The Morgan fingerprint density at radius 3 is 2.95 bits per heavy atom. The van der Waals surface area contributed by atoms with Gasteiger partial charge < -0.3 is 15.3 Å². The van der Waals surface area contributed by atoms with E-state index >= 15 is 0 Å². The van der Waals surface area contributed by atoms with Crippen LogP contribution in [0.4, 0.5) is 15.8 Å². The smallest absolute Gasteiger partial charge is 0.257 e. The lowest BCUT2D eigenvalue weighted by Crippen LogP contribution is -2.33. The normalized spacial score (nSPS) is 26.1. The van der Waals surface area contributed by atoms with Crippen LogP contribution in [-0.4, -0.2) is 23.6 Å². The third kappa shape index (κ3) is 2.16. The molecule has 0 saturated carbocycles. The van der Waals surface area contributed by atoms with Gasteiger partial charge in [0.15, 0.2) is 6.10 Å². The summed E-state index contributed by atoms with van der Waals surface area (Å²) in [6.07, 6.45) is 3.18. The van der Waals surface area contributed by atoms with Crippen LogP contribution in [0.15, 0.2) is 12.1 Å². The molecule has 3 rings (SSSR count). The van der Waals surface area contributed by atoms with Gasteiger partial charge in [-0.15, -0.1) is 0 Å². The van der Waals surface area contributed by atoms with Crippen LogP contribution >= 0.6 is 0 Å². The summed E-state index contributed by atoms with van der Waals surface area (Å²) in [6.45, 7) is 2.93. The highest BCUT2D eigenvalue weighted by molar-refractivity contribution is 6.02. The van der Waals surface area contributed by atoms with Crippen LogP contribution in [0.1, 0.15) is 44.3 Å². The molecule has 2 atom stereocenters. The second-order valence-corrected chi connectivity index (χ2v) is 5.67. The van der Waals surface area contributed by atoms with Crippen molar-refractivity contribution in [2.75, 3.05) is 16.8 Å². The van der Waals surface area contributed by atoms with E-state index in [-0.39, 0.29) is 11.9 Å². The first-order valence-electron chi connectivity index (χ1n) is 7.17. The number of carbonyl (C=O) groups excluding carboxylic acids is 1. The molecule has 2 unspecified atom stereocenters. The molecule has 2 aliphatic heterocycles. The molecule has 2 N–H and O–H groups in total. The number of amides is 1. The number of carbonyl (C=O) groups is 1. The molecule has 4 nitrogen and oxygen atoms in total. The van der Waals surface area contributed by atoms with Gasteiger partial charge in [-0.3, -0.25) is 4.79 Å². The van der Waals surface area contributed by atoms with Gasteiger partial charge in [-0.1, -0.05) is 12.8 Å². The summed E-state index contributed by atoms with van der Waals surface area (Å²) in [7, 11) is 0. The fourth-order valence-corrected chi connectivity index (χ4v) is 3.11. The second-order valence-electron chi connectivity index (χ2n) is 5.67. The fraction of sp³-hybridized carbons (Fsp3) is 0.533. The first kappa shape index (κ1) is 13.4. The molecule has 1 fully saturated rings. The maximum atomic E-state index is 14.3. The zero-order valence-electron chi connectivity index (χ0n) is 11.5. The van der Waals surface area contributed by atoms with E-state index in [1.165, 1.54) is 18.9 Å². The van der Waals surface area contributed by atoms with E-state index in [2.05, 4.69) is 17.1 Å². The van der Waals surface area contributed by atoms with Crippen molar-refractivity contribution in [3.63, 3.8) is 0 Å². The lowest BCUT2D eigenvalue weighted by Gasteiger charge is -2.30. The van der Waals surface area contributed by atoms with Crippen LogP contribution in [0.5, 0.6) is 0 Å². The predicted molar refractivity (Wildman–Crippen MR) is 75.3 cm³/mol. The number of aliphatic hydroxyl groups is 1. The van der Waals surface area contributed by atoms with E-state index in [9.17, 15) is 14.3 Å². The van der Waals surface area contributed by atoms with E-state index < -0.39 is 12.0 Å². The molecule has 1 saturated heterocycles. The highest BCUT2D eigenvalue weighted by Crippen LogP contribution is 2.37. The number of hydrogen-bond donors (Lipinski definition) is 2. The summed E-state index contributed by atoms with van der Waals surface area (Å²) in [5, 5.41) is 12.3. The number of benzene rings is 1. The van der Waals surface area contributed by atoms with Crippen LogP contribution in [0, 0.1) is 5.82 Å². The minimum atomic E-state index is -1.25. The standard InChI is InChI=1S/C15H19FN2O2/c1-9-5-3-2-4-6-18(9)13-8-12-10(7-11(13)16)14(19)15(20)17-12/h7-9,14,19H,2-6H2,1H3,(H,17,20). The van der Waals surface area contributed by atoms with Crippen LogP contribution in [0.2, 0.25) is 0 Å². The molecule has 1 aromatic carbocycles. The average Bonchev–Trinajstić information content (AvgIpc) is 2.60. The molecule has 2 aliphatic rings. The molecular weight excluding hydrogens is 259 g/mol. The Bertz CT molecular complexity index is 547. The van der Waals surface area contributed by atoms with Crippen molar-refractivity contribution in [2.45, 2.75) is 44.8 Å². The van der Waals surface area contributed by atoms with Crippen molar-refractivity contribution in [2.24, 2.45) is 0 Å². The maximum absolute atomic E-state index is 14.3. The lowest BCUT2D eigenvalue weighted by molar-refractivity contribution is -0.123. The van der Waals surface area contributed by atoms with Gasteiger partial charge in [-0.05, 0) is 31.9 Å². The largest absolute Gasteiger partial charge is 0.378 e. The number of aliphatic hydroxyl groups excluding tert-OH is 1. The molecule has 1 amide bonds. The van der Waals surface area contributed by atoms with Crippen LogP contribution in [0.25, 0.3) is 0 Å². The summed E-state index contributed by atoms with van der Waals surface area (Å²) in [5.74, 6) is -0.853. The molecule has 5 heteroatoms. The van der Waals surface area contributed by atoms with Crippen LogP contribution in [-0.2, 0) is 4.79 Å². The average molecular weight is 278 g/mol. The summed E-state index contributed by atoms with van der Waals surface area (Å²) < 4.78 is 14.3. The number of fused-ring (bicyclic) bond motifs is 1. The third-order valence-electron chi connectivity index (χ3n) is 4.28. The van der Waals surface area contributed by atoms with E-state index in [1.807, 2.05) is 0 Å². The summed E-state index contributed by atoms with van der Waals surface area (Å²) >= 11 is 0. The van der Waals surface area contributed by atoms with E-state index in [1.54, 1.807) is 6.07 Å². The Balaban J connectivity index is 1.98. The van der Waals surface area contributed by atoms with Crippen molar-refractivity contribution < 1.29 is 14.3 Å². The molecule has 108 valence electrons. The minimum Gasteiger partial charge on any atom is -0.378 e. The van der Waals surface area contributed by atoms with Crippen LogP contribution < -0.4 is 10.2 Å². The van der Waals surface area contributed by atoms with Gasteiger partial charge in [0.25, 0.3) is 5.91 Å². The van der Waals surface area contributed by atoms with Crippen molar-refractivity contribution in [1.82, 2.24) is 0 Å². The number of nitrogens with one attached hydrogen (secondary N) is 1. The Morgan fingerprint density at radius 1 is 1.35 bits per heavy atom. The number of nitrogens with zero attached hydrogens (tertiary/aromatic N) is 1. The topological polar surface area (TPSA) is 52.6 Å². The number of halogens is 1. The zero-order chi connectivity index (χ0) is 14.3. The molecular formula is C15H19FN2O2. The fourth-order valence-electron chi connectivity index (χ4n) is 3.11. The molecule has 0 radical (unpaired) electrons. The maximum Gasteiger partial charge on any atom is 0.257 e. The molecule has 1 aromatic rings. The molecule has 0 aliphatic carbocycles. The van der Waals surface area contributed by atoms with E-state index in [4.69, 9.17) is 0 Å². The summed E-state index contributed by atoms with van der Waals surface area (Å²) in [4.78, 5) is 13.5. The molecule has 20 heavy (non-hydrogen) atoms. The molecule has 0 spiro atoms. The summed E-state index contributed by atoms with van der Waals surface area (Å²) in [6, 6.07) is 3.22. The molecule has 0 aromatic heterocycles. The minimum absolute atomic E-state index is 0.284. The highest BCUT2D eigenvalue weighted by Gasteiger charge is 2.31.